The Bertz CT molecular complexity index is 804. The Balaban J connectivity index is 1.40. The molecule has 1 aromatic carbocycles. The summed E-state index contributed by atoms with van der Waals surface area (Å²) in [4.78, 5) is 21.4. The second-order valence-electron chi connectivity index (χ2n) is 7.37. The van der Waals surface area contributed by atoms with Gasteiger partial charge in [0.05, 0.1) is 25.3 Å². The zero-order chi connectivity index (χ0) is 18.6. The molecule has 0 saturated carbocycles. The summed E-state index contributed by atoms with van der Waals surface area (Å²) in [6.45, 7) is 4.36. The quantitative estimate of drug-likeness (QED) is 0.811. The normalized spacial score (nSPS) is 20.9. The molecule has 0 aliphatic carbocycles. The molecule has 1 aromatic heterocycles. The molecule has 0 radical (unpaired) electrons. The molecule has 27 heavy (non-hydrogen) atoms. The van der Waals surface area contributed by atoms with Crippen molar-refractivity contribution in [3.63, 3.8) is 0 Å². The molecular formula is C21H27N3O3. The summed E-state index contributed by atoms with van der Waals surface area (Å²) in [5, 5.41) is 0.990. The van der Waals surface area contributed by atoms with E-state index in [9.17, 15) is 4.79 Å². The molecule has 1 unspecified atom stereocenters. The maximum Gasteiger partial charge on any atom is 0.272 e. The summed E-state index contributed by atoms with van der Waals surface area (Å²) >= 11 is 0. The summed E-state index contributed by atoms with van der Waals surface area (Å²) in [5.41, 5.74) is 1.30. The predicted molar refractivity (Wildman–Crippen MR) is 104 cm³/mol. The van der Waals surface area contributed by atoms with Crippen LogP contribution in [0, 0.1) is 0 Å². The number of ether oxygens (including phenoxy) is 2. The van der Waals surface area contributed by atoms with Crippen LogP contribution >= 0.6 is 0 Å². The van der Waals surface area contributed by atoms with Crippen molar-refractivity contribution in [3.8, 4) is 5.75 Å². The van der Waals surface area contributed by atoms with Crippen molar-refractivity contribution in [1.29, 1.82) is 0 Å². The van der Waals surface area contributed by atoms with Crippen LogP contribution < -0.4 is 4.74 Å². The van der Waals surface area contributed by atoms with E-state index in [2.05, 4.69) is 16.9 Å². The average Bonchev–Trinajstić information content (AvgIpc) is 3.12. The van der Waals surface area contributed by atoms with Crippen molar-refractivity contribution < 1.29 is 14.3 Å². The largest absolute Gasteiger partial charge is 0.494 e. The Labute approximate surface area is 160 Å². The van der Waals surface area contributed by atoms with E-state index < -0.39 is 0 Å². The summed E-state index contributed by atoms with van der Waals surface area (Å²) < 4.78 is 11.3. The van der Waals surface area contributed by atoms with E-state index in [1.165, 1.54) is 19.4 Å². The Morgan fingerprint density at radius 3 is 2.85 bits per heavy atom. The van der Waals surface area contributed by atoms with E-state index in [0.717, 1.165) is 29.7 Å². The summed E-state index contributed by atoms with van der Waals surface area (Å²) in [5.74, 6) is 0.832. The number of hydrogen-bond donors (Lipinski definition) is 0. The molecule has 2 aliphatic rings. The van der Waals surface area contributed by atoms with Gasteiger partial charge in [0.15, 0.2) is 0 Å². The van der Waals surface area contributed by atoms with Gasteiger partial charge in [-0.2, -0.15) is 0 Å². The lowest BCUT2D eigenvalue weighted by Crippen LogP contribution is -2.41. The minimum absolute atomic E-state index is 0.0267. The molecule has 2 fully saturated rings. The minimum Gasteiger partial charge on any atom is -0.494 e. The molecule has 0 spiro atoms. The van der Waals surface area contributed by atoms with Crippen LogP contribution in [-0.2, 0) is 4.74 Å². The van der Waals surface area contributed by atoms with Gasteiger partial charge in [0, 0.05) is 24.5 Å². The predicted octanol–water partition coefficient (Wildman–Crippen LogP) is 2.57. The molecule has 1 atom stereocenters. The van der Waals surface area contributed by atoms with Crippen LogP contribution in [0.25, 0.3) is 10.9 Å². The highest BCUT2D eigenvalue weighted by molar-refractivity contribution is 5.95. The number of hydrogen-bond acceptors (Lipinski definition) is 5. The number of amides is 1. The van der Waals surface area contributed by atoms with Gasteiger partial charge < -0.3 is 19.3 Å². The fourth-order valence-corrected chi connectivity index (χ4v) is 3.90. The van der Waals surface area contributed by atoms with E-state index in [4.69, 9.17) is 9.47 Å². The number of nitrogens with zero attached hydrogens (tertiary/aromatic N) is 3. The third kappa shape index (κ3) is 4.22. The first-order chi connectivity index (χ1) is 13.2. The van der Waals surface area contributed by atoms with Crippen molar-refractivity contribution in [2.45, 2.75) is 25.3 Å². The summed E-state index contributed by atoms with van der Waals surface area (Å²) in [7, 11) is 2.19. The number of likely N-dealkylation sites (tertiary alicyclic amines) is 1. The summed E-state index contributed by atoms with van der Waals surface area (Å²) in [6.07, 6.45) is 3.61. The molecule has 1 amide bonds. The molecule has 4 rings (SSSR count). The van der Waals surface area contributed by atoms with Crippen molar-refractivity contribution in [3.05, 3.63) is 36.0 Å². The van der Waals surface area contributed by atoms with Crippen molar-refractivity contribution in [2.75, 3.05) is 46.5 Å². The number of rotatable bonds is 5. The highest BCUT2D eigenvalue weighted by Gasteiger charge is 2.21. The van der Waals surface area contributed by atoms with E-state index in [1.807, 2.05) is 24.3 Å². The number of aromatic nitrogens is 1. The molecule has 2 aliphatic heterocycles. The second-order valence-corrected chi connectivity index (χ2v) is 7.37. The van der Waals surface area contributed by atoms with Gasteiger partial charge in [0.25, 0.3) is 5.91 Å². The smallest absolute Gasteiger partial charge is 0.272 e. The van der Waals surface area contributed by atoms with E-state index >= 15 is 0 Å². The molecule has 2 aromatic rings. The fraction of sp³-hybridized carbons (Fsp3) is 0.524. The number of carbonyl (C=O) groups is 1. The molecule has 144 valence electrons. The van der Waals surface area contributed by atoms with Gasteiger partial charge in [-0.1, -0.05) is 6.07 Å². The van der Waals surface area contributed by atoms with Gasteiger partial charge in [0.1, 0.15) is 11.4 Å². The Kier molecular flexibility index (Phi) is 5.55. The SMILES string of the molecule is CN1CCCC1CCOc1ccc2nc(C(=O)N3CCOCC3)ccc2c1. The number of benzene rings is 1. The zero-order valence-electron chi connectivity index (χ0n) is 15.9. The van der Waals surface area contributed by atoms with Gasteiger partial charge >= 0.3 is 0 Å². The lowest BCUT2D eigenvalue weighted by Gasteiger charge is -2.26. The van der Waals surface area contributed by atoms with Crippen LogP contribution in [0.4, 0.5) is 0 Å². The van der Waals surface area contributed by atoms with Crippen molar-refractivity contribution in [1.82, 2.24) is 14.8 Å². The van der Waals surface area contributed by atoms with Crippen LogP contribution in [0.3, 0.4) is 0 Å². The third-order valence-electron chi connectivity index (χ3n) is 5.57. The molecule has 3 heterocycles. The zero-order valence-corrected chi connectivity index (χ0v) is 15.9. The average molecular weight is 369 g/mol. The van der Waals surface area contributed by atoms with Crippen LogP contribution in [0.15, 0.2) is 30.3 Å². The monoisotopic (exact) mass is 369 g/mol. The molecular weight excluding hydrogens is 342 g/mol. The highest BCUT2D eigenvalue weighted by atomic mass is 16.5. The highest BCUT2D eigenvalue weighted by Crippen LogP contribution is 2.22. The van der Waals surface area contributed by atoms with Gasteiger partial charge in [-0.3, -0.25) is 4.79 Å². The third-order valence-corrected chi connectivity index (χ3v) is 5.57. The first-order valence-corrected chi connectivity index (χ1v) is 9.81. The number of morpholine rings is 1. The van der Waals surface area contributed by atoms with Crippen molar-refractivity contribution in [2.24, 2.45) is 0 Å². The second kappa shape index (κ2) is 8.23. The molecule has 2 saturated heterocycles. The van der Waals surface area contributed by atoms with Crippen LogP contribution in [0.1, 0.15) is 29.8 Å². The maximum absolute atomic E-state index is 12.6. The van der Waals surface area contributed by atoms with Crippen LogP contribution in [0.5, 0.6) is 5.75 Å². The summed E-state index contributed by atoms with van der Waals surface area (Å²) in [6, 6.07) is 10.3. The maximum atomic E-state index is 12.6. The van der Waals surface area contributed by atoms with Crippen LogP contribution in [-0.4, -0.2) is 73.2 Å². The minimum atomic E-state index is -0.0267. The Morgan fingerprint density at radius 1 is 1.22 bits per heavy atom. The fourth-order valence-electron chi connectivity index (χ4n) is 3.90. The van der Waals surface area contributed by atoms with E-state index in [0.29, 0.717) is 38.0 Å². The van der Waals surface area contributed by atoms with Gasteiger partial charge in [-0.25, -0.2) is 4.98 Å². The Morgan fingerprint density at radius 2 is 2.07 bits per heavy atom. The molecule has 6 nitrogen and oxygen atoms in total. The van der Waals surface area contributed by atoms with Gasteiger partial charge in [-0.15, -0.1) is 0 Å². The topological polar surface area (TPSA) is 54.9 Å². The molecule has 0 bridgehead atoms. The lowest BCUT2D eigenvalue weighted by atomic mass is 10.1. The van der Waals surface area contributed by atoms with Gasteiger partial charge in [-0.05, 0) is 57.1 Å². The van der Waals surface area contributed by atoms with Gasteiger partial charge in [0.2, 0.25) is 0 Å². The van der Waals surface area contributed by atoms with E-state index in [-0.39, 0.29) is 5.91 Å². The van der Waals surface area contributed by atoms with E-state index in [1.54, 1.807) is 11.0 Å². The Hall–Kier alpha value is -2.18. The number of carbonyl (C=O) groups excluding carboxylic acids is 1. The first-order valence-electron chi connectivity index (χ1n) is 9.81. The molecule has 6 heteroatoms. The van der Waals surface area contributed by atoms with Crippen molar-refractivity contribution >= 4 is 16.8 Å². The first kappa shape index (κ1) is 18.2. The number of fused-ring (bicyclic) bond motifs is 1. The lowest BCUT2D eigenvalue weighted by molar-refractivity contribution is 0.0299. The molecule has 0 N–H and O–H groups in total. The standard InChI is InChI=1S/C21H27N3O3/c1-23-9-2-3-17(23)8-12-27-18-5-7-19-16(15-18)4-6-20(22-19)21(25)24-10-13-26-14-11-24/h4-7,15,17H,2-3,8-14H2,1H3. The van der Waals surface area contributed by atoms with Crippen LogP contribution in [0.2, 0.25) is 0 Å². The number of pyridine rings is 1.